The van der Waals surface area contributed by atoms with Crippen molar-refractivity contribution >= 4 is 28.9 Å². The zero-order chi connectivity index (χ0) is 19.3. The van der Waals surface area contributed by atoms with E-state index in [2.05, 4.69) is 25.6 Å². The Hall–Kier alpha value is -2.97. The van der Waals surface area contributed by atoms with Crippen LogP contribution >= 0.6 is 11.6 Å². The van der Waals surface area contributed by atoms with Crippen molar-refractivity contribution in [2.45, 2.75) is 6.54 Å². The topological polar surface area (TPSA) is 85.2 Å². The number of rotatable bonds is 5. The third-order valence-corrected chi connectivity index (χ3v) is 4.58. The van der Waals surface area contributed by atoms with Crippen LogP contribution in [0.1, 0.15) is 0 Å². The normalized spacial score (nSPS) is 14.1. The largest absolute Gasteiger partial charge is 0.378 e. The average Bonchev–Trinajstić information content (AvgIpc) is 3.17. The number of tetrazole rings is 1. The van der Waals surface area contributed by atoms with Gasteiger partial charge in [0.25, 0.3) is 0 Å². The number of carbonyl (C=O) groups is 1. The van der Waals surface area contributed by atoms with Gasteiger partial charge in [0, 0.05) is 35.1 Å². The van der Waals surface area contributed by atoms with Gasteiger partial charge in [0.2, 0.25) is 11.7 Å². The van der Waals surface area contributed by atoms with Gasteiger partial charge < -0.3 is 15.0 Å². The number of amides is 1. The number of nitrogens with one attached hydrogen (secondary N) is 1. The molecule has 1 aliphatic heterocycles. The molecule has 3 aromatic rings. The van der Waals surface area contributed by atoms with Crippen LogP contribution in [0.25, 0.3) is 11.4 Å². The minimum Gasteiger partial charge on any atom is -0.378 e. The summed E-state index contributed by atoms with van der Waals surface area (Å²) in [6.45, 7) is 3.19. The van der Waals surface area contributed by atoms with Crippen LogP contribution in [0.3, 0.4) is 0 Å². The van der Waals surface area contributed by atoms with Gasteiger partial charge in [-0.15, -0.1) is 10.2 Å². The van der Waals surface area contributed by atoms with Crippen molar-refractivity contribution in [3.05, 3.63) is 53.6 Å². The molecule has 1 aliphatic rings. The van der Waals surface area contributed by atoms with Crippen LogP contribution in [0, 0.1) is 0 Å². The summed E-state index contributed by atoms with van der Waals surface area (Å²) in [7, 11) is 0. The molecule has 0 radical (unpaired) electrons. The van der Waals surface area contributed by atoms with Crippen molar-refractivity contribution in [2.75, 3.05) is 36.5 Å². The minimum absolute atomic E-state index is 0.0290. The standard InChI is InChI=1S/C19H19ClN6O2/c20-15-3-1-2-14(12-15)19-22-24-26(23-19)13-18(27)21-16-4-6-17(7-5-16)25-8-10-28-11-9-25/h1-7,12H,8-11,13H2,(H,21,27). The van der Waals surface area contributed by atoms with Gasteiger partial charge in [-0.25, -0.2) is 0 Å². The number of halogens is 1. The van der Waals surface area contributed by atoms with Crippen LogP contribution in [0.2, 0.25) is 5.02 Å². The highest BCUT2D eigenvalue weighted by Crippen LogP contribution is 2.20. The Labute approximate surface area is 167 Å². The second kappa shape index (κ2) is 8.37. The van der Waals surface area contributed by atoms with Crippen molar-refractivity contribution in [3.63, 3.8) is 0 Å². The Morgan fingerprint density at radius 2 is 1.93 bits per heavy atom. The lowest BCUT2D eigenvalue weighted by molar-refractivity contribution is -0.117. The maximum absolute atomic E-state index is 12.3. The summed E-state index contributed by atoms with van der Waals surface area (Å²) in [5.74, 6) is 0.194. The third-order valence-electron chi connectivity index (χ3n) is 4.35. The Morgan fingerprint density at radius 3 is 2.68 bits per heavy atom. The molecule has 0 unspecified atom stereocenters. The van der Waals surface area contributed by atoms with Gasteiger partial charge in [-0.1, -0.05) is 23.7 Å². The van der Waals surface area contributed by atoms with E-state index in [0.717, 1.165) is 43.2 Å². The monoisotopic (exact) mass is 398 g/mol. The maximum atomic E-state index is 12.3. The summed E-state index contributed by atoms with van der Waals surface area (Å²) in [4.78, 5) is 15.8. The average molecular weight is 399 g/mol. The Balaban J connectivity index is 1.35. The van der Waals surface area contributed by atoms with Crippen LogP contribution in [0.15, 0.2) is 48.5 Å². The van der Waals surface area contributed by atoms with Crippen molar-refractivity contribution < 1.29 is 9.53 Å². The Morgan fingerprint density at radius 1 is 1.14 bits per heavy atom. The van der Waals surface area contributed by atoms with E-state index in [1.165, 1.54) is 4.80 Å². The first-order valence-corrected chi connectivity index (χ1v) is 9.31. The fraction of sp³-hybridized carbons (Fsp3) is 0.263. The van der Waals surface area contributed by atoms with E-state index in [-0.39, 0.29) is 12.5 Å². The number of hydrogen-bond donors (Lipinski definition) is 1. The molecule has 28 heavy (non-hydrogen) atoms. The molecule has 0 aliphatic carbocycles. The van der Waals surface area contributed by atoms with Gasteiger partial charge in [-0.05, 0) is 41.6 Å². The molecule has 144 valence electrons. The molecule has 0 bridgehead atoms. The van der Waals surface area contributed by atoms with Crippen LogP contribution in [0.4, 0.5) is 11.4 Å². The van der Waals surface area contributed by atoms with E-state index in [9.17, 15) is 4.79 Å². The molecule has 9 heteroatoms. The highest BCUT2D eigenvalue weighted by atomic mass is 35.5. The summed E-state index contributed by atoms with van der Waals surface area (Å²) >= 11 is 5.98. The molecule has 1 N–H and O–H groups in total. The number of nitrogens with zero attached hydrogens (tertiary/aromatic N) is 5. The van der Waals surface area contributed by atoms with Crippen LogP contribution in [-0.4, -0.2) is 52.4 Å². The molecule has 0 atom stereocenters. The highest BCUT2D eigenvalue weighted by Gasteiger charge is 2.12. The first-order valence-electron chi connectivity index (χ1n) is 8.94. The second-order valence-electron chi connectivity index (χ2n) is 6.35. The van der Waals surface area contributed by atoms with Crippen molar-refractivity contribution in [1.29, 1.82) is 0 Å². The van der Waals surface area contributed by atoms with E-state index in [0.29, 0.717) is 10.8 Å². The van der Waals surface area contributed by atoms with Crippen molar-refractivity contribution in [3.8, 4) is 11.4 Å². The van der Waals surface area contributed by atoms with Crippen molar-refractivity contribution in [1.82, 2.24) is 20.2 Å². The number of carbonyl (C=O) groups excluding carboxylic acids is 1. The SMILES string of the molecule is O=C(Cn1nnc(-c2cccc(Cl)c2)n1)Nc1ccc(N2CCOCC2)cc1. The van der Waals surface area contributed by atoms with Crippen molar-refractivity contribution in [2.24, 2.45) is 0 Å². The molecular formula is C19H19ClN6O2. The quantitative estimate of drug-likeness (QED) is 0.710. The Kier molecular flexibility index (Phi) is 5.50. The van der Waals surface area contributed by atoms with Crippen LogP contribution < -0.4 is 10.2 Å². The lowest BCUT2D eigenvalue weighted by atomic mass is 10.2. The molecular weight excluding hydrogens is 380 g/mol. The molecule has 2 aromatic carbocycles. The first kappa shape index (κ1) is 18.4. The summed E-state index contributed by atoms with van der Waals surface area (Å²) in [6, 6.07) is 14.9. The zero-order valence-corrected chi connectivity index (χ0v) is 15.8. The smallest absolute Gasteiger partial charge is 0.248 e. The highest BCUT2D eigenvalue weighted by molar-refractivity contribution is 6.30. The van der Waals surface area contributed by atoms with Gasteiger partial charge >= 0.3 is 0 Å². The number of benzene rings is 2. The molecule has 1 fully saturated rings. The van der Waals surface area contributed by atoms with Gasteiger partial charge in [0.05, 0.1) is 13.2 Å². The van der Waals surface area contributed by atoms with E-state index >= 15 is 0 Å². The fourth-order valence-corrected chi connectivity index (χ4v) is 3.15. The summed E-state index contributed by atoms with van der Waals surface area (Å²) < 4.78 is 5.37. The predicted molar refractivity (Wildman–Crippen MR) is 106 cm³/mol. The van der Waals surface area contributed by atoms with E-state index < -0.39 is 0 Å². The number of morpholine rings is 1. The second-order valence-corrected chi connectivity index (χ2v) is 6.78. The Bertz CT molecular complexity index is 953. The molecule has 1 amide bonds. The fourth-order valence-electron chi connectivity index (χ4n) is 2.96. The lowest BCUT2D eigenvalue weighted by Gasteiger charge is -2.28. The molecule has 0 saturated carbocycles. The van der Waals surface area contributed by atoms with E-state index in [1.54, 1.807) is 12.1 Å². The molecule has 1 saturated heterocycles. The third kappa shape index (κ3) is 4.47. The predicted octanol–water partition coefficient (Wildman–Crippen LogP) is 2.47. The van der Waals surface area contributed by atoms with Crippen LogP contribution in [-0.2, 0) is 16.1 Å². The number of ether oxygens (including phenoxy) is 1. The molecule has 4 rings (SSSR count). The van der Waals surface area contributed by atoms with Crippen LogP contribution in [0.5, 0.6) is 0 Å². The zero-order valence-electron chi connectivity index (χ0n) is 15.1. The molecule has 1 aromatic heterocycles. The maximum Gasteiger partial charge on any atom is 0.248 e. The van der Waals surface area contributed by atoms with E-state index in [1.807, 2.05) is 36.4 Å². The number of hydrogen-bond acceptors (Lipinski definition) is 6. The summed E-state index contributed by atoms with van der Waals surface area (Å²) in [5.41, 5.74) is 2.58. The first-order chi connectivity index (χ1) is 13.7. The lowest BCUT2D eigenvalue weighted by Crippen LogP contribution is -2.36. The van der Waals surface area contributed by atoms with Gasteiger partial charge in [0.1, 0.15) is 6.54 Å². The molecule has 0 spiro atoms. The van der Waals surface area contributed by atoms with Gasteiger partial charge in [-0.2, -0.15) is 4.80 Å². The minimum atomic E-state index is -0.228. The summed E-state index contributed by atoms with van der Waals surface area (Å²) in [5, 5.41) is 15.6. The molecule has 2 heterocycles. The van der Waals surface area contributed by atoms with Gasteiger partial charge in [0.15, 0.2) is 0 Å². The number of anilines is 2. The van der Waals surface area contributed by atoms with E-state index in [4.69, 9.17) is 16.3 Å². The summed E-state index contributed by atoms with van der Waals surface area (Å²) in [6.07, 6.45) is 0. The van der Waals surface area contributed by atoms with Gasteiger partial charge in [-0.3, -0.25) is 4.79 Å². The molecule has 8 nitrogen and oxygen atoms in total. The number of aromatic nitrogens is 4.